The van der Waals surface area contributed by atoms with E-state index in [1.807, 2.05) is 13.8 Å². The summed E-state index contributed by atoms with van der Waals surface area (Å²) in [5, 5.41) is 0. The highest BCUT2D eigenvalue weighted by molar-refractivity contribution is 4.82. The fourth-order valence-electron chi connectivity index (χ4n) is 2.45. The summed E-state index contributed by atoms with van der Waals surface area (Å²) >= 11 is 0. The summed E-state index contributed by atoms with van der Waals surface area (Å²) in [5.74, 6) is 0.918. The van der Waals surface area contributed by atoms with E-state index in [9.17, 15) is 0 Å². The van der Waals surface area contributed by atoms with Gasteiger partial charge in [0.1, 0.15) is 0 Å². The standard InChI is InChI=1S/C13H27NO.C3H8.C2H6/c1-5-13(2,3)12-6-8-14(9-7-12)10-11-15-4;1-3-2;1-2/h12H,5-11H2,1-4H3;3H2,1-2H3;1-2H3. The molecule has 0 aliphatic carbocycles. The molecular formula is C18H41NO. The first kappa shape index (κ1) is 22.2. The summed E-state index contributed by atoms with van der Waals surface area (Å²) in [4.78, 5) is 2.53. The number of rotatable bonds is 5. The monoisotopic (exact) mass is 287 g/mol. The molecule has 1 heterocycles. The van der Waals surface area contributed by atoms with Crippen LogP contribution >= 0.6 is 0 Å². The SMILES string of the molecule is CC.CCC.CCC(C)(C)C1CCN(CCOC)CC1. The molecule has 0 unspecified atom stereocenters. The van der Waals surface area contributed by atoms with E-state index in [1.165, 1.54) is 38.8 Å². The van der Waals surface area contributed by atoms with Crippen LogP contribution in [0, 0.1) is 11.3 Å². The van der Waals surface area contributed by atoms with Gasteiger partial charge in [-0.05, 0) is 37.3 Å². The largest absolute Gasteiger partial charge is 0.383 e. The molecule has 0 bridgehead atoms. The third-order valence-electron chi connectivity index (χ3n) is 4.22. The van der Waals surface area contributed by atoms with Crippen molar-refractivity contribution < 1.29 is 4.74 Å². The summed E-state index contributed by atoms with van der Waals surface area (Å²) in [7, 11) is 1.78. The van der Waals surface area contributed by atoms with Gasteiger partial charge in [-0.3, -0.25) is 0 Å². The van der Waals surface area contributed by atoms with Gasteiger partial charge < -0.3 is 9.64 Å². The van der Waals surface area contributed by atoms with Crippen LogP contribution in [0.5, 0.6) is 0 Å². The lowest BCUT2D eigenvalue weighted by atomic mass is 9.72. The molecular weight excluding hydrogens is 246 g/mol. The van der Waals surface area contributed by atoms with E-state index in [0.717, 1.165) is 19.1 Å². The lowest BCUT2D eigenvalue weighted by Crippen LogP contribution is -2.40. The number of nitrogens with zero attached hydrogens (tertiary/aromatic N) is 1. The van der Waals surface area contributed by atoms with Crippen molar-refractivity contribution in [3.8, 4) is 0 Å². The molecule has 1 saturated heterocycles. The maximum Gasteiger partial charge on any atom is 0.0589 e. The average Bonchev–Trinajstić information content (AvgIpc) is 2.48. The van der Waals surface area contributed by atoms with Crippen molar-refractivity contribution >= 4 is 0 Å². The van der Waals surface area contributed by atoms with Gasteiger partial charge >= 0.3 is 0 Å². The van der Waals surface area contributed by atoms with E-state index < -0.39 is 0 Å². The Labute approximate surface area is 129 Å². The normalized spacial score (nSPS) is 16.8. The third-order valence-corrected chi connectivity index (χ3v) is 4.22. The zero-order chi connectivity index (χ0) is 16.0. The molecule has 0 N–H and O–H groups in total. The highest BCUT2D eigenvalue weighted by atomic mass is 16.5. The number of hydrogen-bond acceptors (Lipinski definition) is 2. The summed E-state index contributed by atoms with van der Waals surface area (Å²) in [5.41, 5.74) is 0.535. The van der Waals surface area contributed by atoms with Gasteiger partial charge in [-0.2, -0.15) is 0 Å². The van der Waals surface area contributed by atoms with Crippen LogP contribution in [0.1, 0.15) is 74.1 Å². The number of likely N-dealkylation sites (tertiary alicyclic amines) is 1. The smallest absolute Gasteiger partial charge is 0.0589 e. The maximum absolute atomic E-state index is 5.12. The number of ether oxygens (including phenoxy) is 1. The van der Waals surface area contributed by atoms with Crippen molar-refractivity contribution in [2.24, 2.45) is 11.3 Å². The Kier molecular flexibility index (Phi) is 15.4. The minimum Gasteiger partial charge on any atom is -0.383 e. The first-order chi connectivity index (χ1) is 9.51. The highest BCUT2D eigenvalue weighted by Gasteiger charge is 2.30. The molecule has 0 saturated carbocycles. The topological polar surface area (TPSA) is 12.5 Å². The lowest BCUT2D eigenvalue weighted by Gasteiger charge is -2.40. The summed E-state index contributed by atoms with van der Waals surface area (Å²) in [6.45, 7) is 19.9. The van der Waals surface area contributed by atoms with Gasteiger partial charge in [-0.25, -0.2) is 0 Å². The molecule has 0 spiro atoms. The predicted octanol–water partition coefficient (Wildman–Crippen LogP) is 5.22. The zero-order valence-electron chi connectivity index (χ0n) is 15.6. The van der Waals surface area contributed by atoms with Gasteiger partial charge in [0.2, 0.25) is 0 Å². The molecule has 2 nitrogen and oxygen atoms in total. The molecule has 0 aromatic heterocycles. The van der Waals surface area contributed by atoms with E-state index in [-0.39, 0.29) is 0 Å². The van der Waals surface area contributed by atoms with Crippen LogP contribution in [0.3, 0.4) is 0 Å². The molecule has 2 heteroatoms. The summed E-state index contributed by atoms with van der Waals surface area (Å²) < 4.78 is 5.12. The lowest BCUT2D eigenvalue weighted by molar-refractivity contribution is 0.0770. The van der Waals surface area contributed by atoms with Crippen LogP contribution in [0.4, 0.5) is 0 Å². The Hall–Kier alpha value is -0.0800. The fourth-order valence-corrected chi connectivity index (χ4v) is 2.45. The van der Waals surface area contributed by atoms with Gasteiger partial charge in [0.05, 0.1) is 6.61 Å². The molecule has 0 atom stereocenters. The molecule has 0 aromatic carbocycles. The maximum atomic E-state index is 5.12. The van der Waals surface area contributed by atoms with Crippen LogP contribution < -0.4 is 0 Å². The Morgan fingerprint density at radius 2 is 1.50 bits per heavy atom. The van der Waals surface area contributed by atoms with Crippen molar-refractivity contribution in [1.82, 2.24) is 4.90 Å². The molecule has 1 rings (SSSR count). The van der Waals surface area contributed by atoms with Crippen LogP contribution in [-0.4, -0.2) is 38.3 Å². The van der Waals surface area contributed by atoms with Crippen molar-refractivity contribution in [3.05, 3.63) is 0 Å². The second-order valence-corrected chi connectivity index (χ2v) is 6.16. The number of methoxy groups -OCH3 is 1. The first-order valence-corrected chi connectivity index (χ1v) is 8.73. The average molecular weight is 288 g/mol. The van der Waals surface area contributed by atoms with Gasteiger partial charge in [0.25, 0.3) is 0 Å². The molecule has 1 aliphatic rings. The van der Waals surface area contributed by atoms with Crippen molar-refractivity contribution in [3.63, 3.8) is 0 Å². The second kappa shape index (κ2) is 13.9. The van der Waals surface area contributed by atoms with E-state index in [1.54, 1.807) is 7.11 Å². The van der Waals surface area contributed by atoms with E-state index in [2.05, 4.69) is 39.5 Å². The van der Waals surface area contributed by atoms with Gasteiger partial charge in [-0.15, -0.1) is 0 Å². The van der Waals surface area contributed by atoms with Gasteiger partial charge in [0.15, 0.2) is 0 Å². The van der Waals surface area contributed by atoms with E-state index in [0.29, 0.717) is 5.41 Å². The second-order valence-electron chi connectivity index (χ2n) is 6.16. The molecule has 0 amide bonds. The van der Waals surface area contributed by atoms with E-state index >= 15 is 0 Å². The van der Waals surface area contributed by atoms with Crippen LogP contribution in [0.25, 0.3) is 0 Å². The Bertz CT molecular complexity index is 184. The molecule has 0 radical (unpaired) electrons. The molecule has 0 aromatic rings. The number of hydrogen-bond donors (Lipinski definition) is 0. The van der Waals surface area contributed by atoms with Crippen LogP contribution in [0.15, 0.2) is 0 Å². The Morgan fingerprint density at radius 3 is 1.85 bits per heavy atom. The minimum absolute atomic E-state index is 0.535. The molecule has 1 fully saturated rings. The van der Waals surface area contributed by atoms with Gasteiger partial charge in [0, 0.05) is 13.7 Å². The third kappa shape index (κ3) is 9.77. The van der Waals surface area contributed by atoms with Crippen molar-refractivity contribution in [2.45, 2.75) is 74.1 Å². The molecule has 124 valence electrons. The molecule has 20 heavy (non-hydrogen) atoms. The predicted molar refractivity (Wildman–Crippen MR) is 92.4 cm³/mol. The highest BCUT2D eigenvalue weighted by Crippen LogP contribution is 2.37. The van der Waals surface area contributed by atoms with Gasteiger partial charge in [-0.1, -0.05) is 61.3 Å². The van der Waals surface area contributed by atoms with Crippen LogP contribution in [-0.2, 0) is 4.74 Å². The van der Waals surface area contributed by atoms with Crippen LogP contribution in [0.2, 0.25) is 0 Å². The fraction of sp³-hybridized carbons (Fsp3) is 1.00. The Morgan fingerprint density at radius 1 is 1.05 bits per heavy atom. The number of piperidine rings is 1. The summed E-state index contributed by atoms with van der Waals surface area (Å²) in [6.07, 6.45) is 5.28. The quantitative estimate of drug-likeness (QED) is 0.687. The van der Waals surface area contributed by atoms with Crippen molar-refractivity contribution in [1.29, 1.82) is 0 Å². The van der Waals surface area contributed by atoms with Crippen molar-refractivity contribution in [2.75, 3.05) is 33.4 Å². The van der Waals surface area contributed by atoms with E-state index in [4.69, 9.17) is 4.74 Å². The minimum atomic E-state index is 0.535. The first-order valence-electron chi connectivity index (χ1n) is 8.73. The molecule has 1 aliphatic heterocycles. The Balaban J connectivity index is 0. The zero-order valence-corrected chi connectivity index (χ0v) is 15.6. The summed E-state index contributed by atoms with van der Waals surface area (Å²) in [6, 6.07) is 0.